The highest BCUT2D eigenvalue weighted by Crippen LogP contribution is 2.45. The topological polar surface area (TPSA) is 0 Å². The third-order valence-electron chi connectivity index (χ3n) is 8.84. The molecule has 0 bridgehead atoms. The molecule has 1 heteroatoms. The lowest BCUT2D eigenvalue weighted by atomic mass is 9.85. The molecule has 0 fully saturated rings. The average Bonchev–Trinajstić information content (AvgIpc) is 3.46. The van der Waals surface area contributed by atoms with Gasteiger partial charge in [-0.25, -0.2) is 0 Å². The molecule has 0 amide bonds. The van der Waals surface area contributed by atoms with Crippen molar-refractivity contribution in [1.82, 2.24) is 0 Å². The average molecular weight is 563 g/mol. The third kappa shape index (κ3) is 3.82. The van der Waals surface area contributed by atoms with Crippen molar-refractivity contribution >= 4 is 63.8 Å². The summed E-state index contributed by atoms with van der Waals surface area (Å²) in [4.78, 5) is 0. The zero-order chi connectivity index (χ0) is 28.3. The molecule has 0 atom stereocenters. The van der Waals surface area contributed by atoms with Crippen molar-refractivity contribution in [2.75, 3.05) is 0 Å². The fourth-order valence-electron chi connectivity index (χ4n) is 6.92. The molecular weight excluding hydrogens is 537 g/mol. The second kappa shape index (κ2) is 9.66. The normalized spacial score (nSPS) is 11.7. The maximum absolute atomic E-state index is 2.42. The van der Waals surface area contributed by atoms with Crippen molar-refractivity contribution in [2.24, 2.45) is 0 Å². The first-order valence-corrected chi connectivity index (χ1v) is 15.6. The minimum absolute atomic E-state index is 1.24. The number of rotatable bonds is 3. The molecule has 0 N–H and O–H groups in total. The Hall–Kier alpha value is -5.24. The standard InChI is InChI=1S/C42H26S/c1-3-12-28(13-4-1)40-33-17-9-10-18-34(33)41(29-14-5-2-6-15-29)37-25-30(19-22-35(37)40)31-20-23-36-39(26-31)43-38-24-21-27-11-7-8-16-32(27)42(36)38/h1-26H. The summed E-state index contributed by atoms with van der Waals surface area (Å²) in [7, 11) is 0. The lowest BCUT2D eigenvalue weighted by Crippen LogP contribution is -1.91. The molecule has 43 heavy (non-hydrogen) atoms. The summed E-state index contributed by atoms with van der Waals surface area (Å²) in [6.07, 6.45) is 0. The smallest absolute Gasteiger partial charge is 0.0361 e. The molecule has 1 heterocycles. The highest BCUT2D eigenvalue weighted by molar-refractivity contribution is 7.26. The molecule has 0 nitrogen and oxygen atoms in total. The van der Waals surface area contributed by atoms with Crippen LogP contribution < -0.4 is 0 Å². The molecule has 0 saturated carbocycles. The molecular formula is C42H26S. The van der Waals surface area contributed by atoms with Gasteiger partial charge in [0.1, 0.15) is 0 Å². The van der Waals surface area contributed by atoms with Crippen LogP contribution >= 0.6 is 11.3 Å². The lowest BCUT2D eigenvalue weighted by molar-refractivity contribution is 1.64. The maximum atomic E-state index is 2.42. The van der Waals surface area contributed by atoms with Crippen LogP contribution in [-0.2, 0) is 0 Å². The van der Waals surface area contributed by atoms with Gasteiger partial charge in [0.05, 0.1) is 0 Å². The Labute approximate surface area is 254 Å². The van der Waals surface area contributed by atoms with Gasteiger partial charge < -0.3 is 0 Å². The van der Waals surface area contributed by atoms with Crippen molar-refractivity contribution in [1.29, 1.82) is 0 Å². The first kappa shape index (κ1) is 24.4. The Bertz CT molecular complexity index is 2480. The molecule has 9 aromatic rings. The summed E-state index contributed by atoms with van der Waals surface area (Å²) in [5, 5.41) is 10.5. The Kier molecular flexibility index (Phi) is 5.47. The van der Waals surface area contributed by atoms with Gasteiger partial charge in [-0.3, -0.25) is 0 Å². The van der Waals surface area contributed by atoms with Crippen LogP contribution in [0, 0.1) is 0 Å². The minimum atomic E-state index is 1.24. The number of hydrogen-bond donors (Lipinski definition) is 0. The Morgan fingerprint density at radius 1 is 0.302 bits per heavy atom. The lowest BCUT2D eigenvalue weighted by Gasteiger charge is -2.18. The van der Waals surface area contributed by atoms with Crippen molar-refractivity contribution in [3.05, 3.63) is 158 Å². The molecule has 0 saturated heterocycles. The van der Waals surface area contributed by atoms with Crippen molar-refractivity contribution in [3.8, 4) is 33.4 Å². The highest BCUT2D eigenvalue weighted by atomic mass is 32.1. The second-order valence-corrected chi connectivity index (χ2v) is 12.3. The van der Waals surface area contributed by atoms with E-state index in [1.54, 1.807) is 0 Å². The molecule has 0 unspecified atom stereocenters. The van der Waals surface area contributed by atoms with E-state index in [9.17, 15) is 0 Å². The molecule has 0 aliphatic rings. The van der Waals surface area contributed by atoms with Crippen LogP contribution in [-0.4, -0.2) is 0 Å². The van der Waals surface area contributed by atoms with Gasteiger partial charge in [-0.1, -0.05) is 140 Å². The number of hydrogen-bond acceptors (Lipinski definition) is 1. The first-order valence-electron chi connectivity index (χ1n) is 14.8. The van der Waals surface area contributed by atoms with E-state index in [1.807, 2.05) is 11.3 Å². The monoisotopic (exact) mass is 562 g/mol. The molecule has 0 aliphatic carbocycles. The van der Waals surface area contributed by atoms with E-state index in [4.69, 9.17) is 0 Å². The largest absolute Gasteiger partial charge is 0.135 e. The van der Waals surface area contributed by atoms with Gasteiger partial charge in [0.25, 0.3) is 0 Å². The van der Waals surface area contributed by atoms with Gasteiger partial charge in [-0.05, 0) is 83.9 Å². The predicted octanol–water partition coefficient (Wildman–Crippen LogP) is 12.5. The Balaban J connectivity index is 1.33. The van der Waals surface area contributed by atoms with E-state index in [0.29, 0.717) is 0 Å². The minimum Gasteiger partial charge on any atom is -0.135 e. The summed E-state index contributed by atoms with van der Waals surface area (Å²) in [6, 6.07) is 57.9. The first-order chi connectivity index (χ1) is 21.3. The quantitative estimate of drug-likeness (QED) is 0.188. The van der Waals surface area contributed by atoms with Crippen molar-refractivity contribution < 1.29 is 0 Å². The number of fused-ring (bicyclic) bond motifs is 7. The van der Waals surface area contributed by atoms with Crippen LogP contribution in [0.15, 0.2) is 158 Å². The van der Waals surface area contributed by atoms with Crippen LogP contribution in [0.4, 0.5) is 0 Å². The summed E-state index contributed by atoms with van der Waals surface area (Å²) < 4.78 is 2.67. The molecule has 1 aromatic heterocycles. The predicted molar refractivity (Wildman–Crippen MR) is 188 cm³/mol. The zero-order valence-electron chi connectivity index (χ0n) is 23.4. The van der Waals surface area contributed by atoms with Gasteiger partial charge in [-0.15, -0.1) is 11.3 Å². The molecule has 8 aromatic carbocycles. The van der Waals surface area contributed by atoms with Gasteiger partial charge in [0, 0.05) is 20.2 Å². The molecule has 0 aliphatic heterocycles. The van der Waals surface area contributed by atoms with Gasteiger partial charge >= 0.3 is 0 Å². The van der Waals surface area contributed by atoms with E-state index in [-0.39, 0.29) is 0 Å². The molecule has 0 radical (unpaired) electrons. The van der Waals surface area contributed by atoms with Crippen LogP contribution in [0.2, 0.25) is 0 Å². The van der Waals surface area contributed by atoms with E-state index in [2.05, 4.69) is 158 Å². The van der Waals surface area contributed by atoms with Gasteiger partial charge in [0.15, 0.2) is 0 Å². The SMILES string of the molecule is c1ccc(-c2c3ccccc3c(-c3ccccc3)c3cc(-c4ccc5c(c4)sc4ccc6ccccc6c45)ccc23)cc1. The summed E-state index contributed by atoms with van der Waals surface area (Å²) in [5.74, 6) is 0. The van der Waals surface area contributed by atoms with Crippen LogP contribution in [0.1, 0.15) is 0 Å². The number of thiophene rings is 1. The summed E-state index contributed by atoms with van der Waals surface area (Å²) in [6.45, 7) is 0. The fourth-order valence-corrected chi connectivity index (χ4v) is 8.08. The van der Waals surface area contributed by atoms with Crippen molar-refractivity contribution in [3.63, 3.8) is 0 Å². The molecule has 9 rings (SSSR count). The van der Waals surface area contributed by atoms with E-state index in [1.165, 1.54) is 85.9 Å². The summed E-state index contributed by atoms with van der Waals surface area (Å²) in [5.41, 5.74) is 7.57. The number of benzene rings is 8. The second-order valence-electron chi connectivity index (χ2n) is 11.3. The van der Waals surface area contributed by atoms with E-state index >= 15 is 0 Å². The van der Waals surface area contributed by atoms with E-state index < -0.39 is 0 Å². The van der Waals surface area contributed by atoms with Gasteiger partial charge in [0.2, 0.25) is 0 Å². The van der Waals surface area contributed by atoms with Crippen molar-refractivity contribution in [2.45, 2.75) is 0 Å². The Morgan fingerprint density at radius 3 is 1.53 bits per heavy atom. The van der Waals surface area contributed by atoms with Crippen LogP contribution in [0.3, 0.4) is 0 Å². The maximum Gasteiger partial charge on any atom is 0.0361 e. The zero-order valence-corrected chi connectivity index (χ0v) is 24.2. The van der Waals surface area contributed by atoms with E-state index in [0.717, 1.165) is 0 Å². The molecule has 200 valence electrons. The van der Waals surface area contributed by atoms with Crippen LogP contribution in [0.25, 0.3) is 85.9 Å². The van der Waals surface area contributed by atoms with Gasteiger partial charge in [-0.2, -0.15) is 0 Å². The Morgan fingerprint density at radius 2 is 0.837 bits per heavy atom. The third-order valence-corrected chi connectivity index (χ3v) is 9.96. The summed E-state index contributed by atoms with van der Waals surface area (Å²) >= 11 is 1.89. The highest BCUT2D eigenvalue weighted by Gasteiger charge is 2.18. The molecule has 0 spiro atoms. The fraction of sp³-hybridized carbons (Fsp3) is 0. The van der Waals surface area contributed by atoms with Crippen LogP contribution in [0.5, 0.6) is 0 Å².